The Morgan fingerprint density at radius 2 is 1.90 bits per heavy atom. The summed E-state index contributed by atoms with van der Waals surface area (Å²) in [7, 11) is 0. The Kier molecular flexibility index (Phi) is 4.03. The second kappa shape index (κ2) is 5.43. The van der Waals surface area contributed by atoms with Gasteiger partial charge in [0.15, 0.2) is 0 Å². The molecule has 0 amide bonds. The molecule has 20 heavy (non-hydrogen) atoms. The molecule has 7 heteroatoms. The Hall–Kier alpha value is -1.57. The van der Waals surface area contributed by atoms with Crippen molar-refractivity contribution >= 4 is 17.0 Å². The molecule has 0 fully saturated rings. The monoisotopic (exact) mass is 301 g/mol. The minimum atomic E-state index is -4.41. The van der Waals surface area contributed by atoms with Crippen LogP contribution >= 0.6 is 11.3 Å². The van der Waals surface area contributed by atoms with Gasteiger partial charge < -0.3 is 5.73 Å². The van der Waals surface area contributed by atoms with Gasteiger partial charge in [-0.1, -0.05) is 0 Å². The second-order valence-corrected chi connectivity index (χ2v) is 5.49. The molecule has 1 atom stereocenters. The number of halogens is 3. The SMILES string of the molecule is Cc1sccc1C(NN)c1cc(C(F)(F)F)ccc1N. The van der Waals surface area contributed by atoms with E-state index in [2.05, 4.69) is 5.43 Å². The van der Waals surface area contributed by atoms with Gasteiger partial charge in [0.2, 0.25) is 0 Å². The molecule has 2 rings (SSSR count). The third-order valence-corrected chi connectivity index (χ3v) is 3.96. The van der Waals surface area contributed by atoms with Crippen LogP contribution < -0.4 is 17.0 Å². The summed E-state index contributed by atoms with van der Waals surface area (Å²) in [5.41, 5.74) is 9.02. The molecule has 3 nitrogen and oxygen atoms in total. The summed E-state index contributed by atoms with van der Waals surface area (Å²) in [6, 6.07) is 4.52. The third kappa shape index (κ3) is 2.79. The van der Waals surface area contributed by atoms with Crippen LogP contribution in [0, 0.1) is 6.92 Å². The standard InChI is InChI=1S/C13H14F3N3S/c1-7-9(4-5-20-7)12(19-18)10-6-8(13(14,15)16)2-3-11(10)17/h2-6,12,19H,17-18H2,1H3. The molecule has 1 heterocycles. The van der Waals surface area contributed by atoms with Crippen molar-refractivity contribution in [3.8, 4) is 0 Å². The maximum absolute atomic E-state index is 12.8. The maximum atomic E-state index is 12.8. The van der Waals surface area contributed by atoms with Crippen LogP contribution in [0.3, 0.4) is 0 Å². The lowest BCUT2D eigenvalue weighted by Gasteiger charge is -2.20. The molecule has 108 valence electrons. The number of nitrogen functional groups attached to an aromatic ring is 1. The fourth-order valence-corrected chi connectivity index (χ4v) is 2.78. The highest BCUT2D eigenvalue weighted by atomic mass is 32.1. The molecular formula is C13H14F3N3S. The Balaban J connectivity index is 2.52. The highest BCUT2D eigenvalue weighted by molar-refractivity contribution is 7.10. The zero-order chi connectivity index (χ0) is 14.9. The molecule has 0 saturated heterocycles. The van der Waals surface area contributed by atoms with E-state index in [4.69, 9.17) is 11.6 Å². The van der Waals surface area contributed by atoms with Crippen molar-refractivity contribution in [2.75, 3.05) is 5.73 Å². The first-order valence-electron chi connectivity index (χ1n) is 5.81. The zero-order valence-electron chi connectivity index (χ0n) is 10.7. The molecule has 1 aromatic heterocycles. The number of hydrogen-bond acceptors (Lipinski definition) is 4. The van der Waals surface area contributed by atoms with Gasteiger partial charge in [0.05, 0.1) is 11.6 Å². The first-order valence-corrected chi connectivity index (χ1v) is 6.69. The van der Waals surface area contributed by atoms with Gasteiger partial charge >= 0.3 is 6.18 Å². The minimum Gasteiger partial charge on any atom is -0.398 e. The van der Waals surface area contributed by atoms with Crippen LogP contribution in [-0.2, 0) is 6.18 Å². The number of anilines is 1. The topological polar surface area (TPSA) is 64.1 Å². The number of hydrogen-bond donors (Lipinski definition) is 3. The smallest absolute Gasteiger partial charge is 0.398 e. The molecule has 0 bridgehead atoms. The predicted octanol–water partition coefficient (Wildman–Crippen LogP) is 3.21. The van der Waals surface area contributed by atoms with Crippen LogP contribution in [0.4, 0.5) is 18.9 Å². The molecule has 0 radical (unpaired) electrons. The molecule has 0 aliphatic heterocycles. The number of nitrogens with two attached hydrogens (primary N) is 2. The number of alkyl halides is 3. The number of rotatable bonds is 3. The van der Waals surface area contributed by atoms with Crippen LogP contribution in [0.5, 0.6) is 0 Å². The number of nitrogens with one attached hydrogen (secondary N) is 1. The van der Waals surface area contributed by atoms with Gasteiger partial charge in [0.1, 0.15) is 0 Å². The summed E-state index contributed by atoms with van der Waals surface area (Å²) >= 11 is 1.50. The van der Waals surface area contributed by atoms with Crippen molar-refractivity contribution < 1.29 is 13.2 Å². The van der Waals surface area contributed by atoms with Gasteiger partial charge in [-0.2, -0.15) is 13.2 Å². The molecule has 0 aliphatic carbocycles. The Labute approximate surface area is 118 Å². The summed E-state index contributed by atoms with van der Waals surface area (Å²) in [6.45, 7) is 1.88. The largest absolute Gasteiger partial charge is 0.416 e. The summed E-state index contributed by atoms with van der Waals surface area (Å²) in [4.78, 5) is 0.977. The van der Waals surface area contributed by atoms with E-state index in [1.807, 2.05) is 18.4 Å². The van der Waals surface area contributed by atoms with E-state index in [0.717, 1.165) is 22.6 Å². The summed E-state index contributed by atoms with van der Waals surface area (Å²) < 4.78 is 38.4. The normalized spacial score (nSPS) is 13.4. The molecule has 0 aliphatic rings. The van der Waals surface area contributed by atoms with E-state index < -0.39 is 17.8 Å². The van der Waals surface area contributed by atoms with E-state index in [9.17, 15) is 13.2 Å². The van der Waals surface area contributed by atoms with Gasteiger partial charge in [-0.15, -0.1) is 11.3 Å². The average molecular weight is 301 g/mol. The van der Waals surface area contributed by atoms with Gasteiger partial charge in [-0.05, 0) is 47.7 Å². The average Bonchev–Trinajstić information content (AvgIpc) is 2.78. The minimum absolute atomic E-state index is 0.270. The Bertz CT molecular complexity index is 607. The van der Waals surface area contributed by atoms with Crippen molar-refractivity contribution in [1.29, 1.82) is 0 Å². The van der Waals surface area contributed by atoms with E-state index in [0.29, 0.717) is 5.56 Å². The summed E-state index contributed by atoms with van der Waals surface area (Å²) in [6.07, 6.45) is -4.41. The lowest BCUT2D eigenvalue weighted by atomic mass is 9.96. The van der Waals surface area contributed by atoms with Crippen molar-refractivity contribution in [3.05, 3.63) is 51.2 Å². The summed E-state index contributed by atoms with van der Waals surface area (Å²) in [5, 5.41) is 1.86. The molecule has 2 aromatic rings. The van der Waals surface area contributed by atoms with Crippen LogP contribution in [-0.4, -0.2) is 0 Å². The van der Waals surface area contributed by atoms with Crippen molar-refractivity contribution in [2.45, 2.75) is 19.1 Å². The number of thiophene rings is 1. The van der Waals surface area contributed by atoms with E-state index in [-0.39, 0.29) is 5.69 Å². The molecular weight excluding hydrogens is 287 g/mol. The lowest BCUT2D eigenvalue weighted by molar-refractivity contribution is -0.137. The van der Waals surface area contributed by atoms with E-state index in [1.165, 1.54) is 17.4 Å². The van der Waals surface area contributed by atoms with Gasteiger partial charge in [-0.3, -0.25) is 5.84 Å². The highest BCUT2D eigenvalue weighted by Gasteiger charge is 2.32. The predicted molar refractivity (Wildman–Crippen MR) is 74.1 cm³/mol. The fourth-order valence-electron chi connectivity index (χ4n) is 2.04. The van der Waals surface area contributed by atoms with Gasteiger partial charge in [0.25, 0.3) is 0 Å². The van der Waals surface area contributed by atoms with E-state index >= 15 is 0 Å². The molecule has 1 aromatic carbocycles. The maximum Gasteiger partial charge on any atom is 0.416 e. The Morgan fingerprint density at radius 3 is 2.40 bits per heavy atom. The van der Waals surface area contributed by atoms with Crippen LogP contribution in [0.25, 0.3) is 0 Å². The fraction of sp³-hybridized carbons (Fsp3) is 0.231. The van der Waals surface area contributed by atoms with Crippen molar-refractivity contribution in [3.63, 3.8) is 0 Å². The van der Waals surface area contributed by atoms with Crippen molar-refractivity contribution in [1.82, 2.24) is 5.43 Å². The molecule has 0 saturated carbocycles. The Morgan fingerprint density at radius 1 is 1.20 bits per heavy atom. The molecule has 5 N–H and O–H groups in total. The first kappa shape index (κ1) is 14.8. The molecule has 0 spiro atoms. The third-order valence-electron chi connectivity index (χ3n) is 3.10. The number of hydrazine groups is 1. The lowest BCUT2D eigenvalue weighted by Crippen LogP contribution is -2.30. The van der Waals surface area contributed by atoms with Crippen LogP contribution in [0.2, 0.25) is 0 Å². The summed E-state index contributed by atoms with van der Waals surface area (Å²) in [5.74, 6) is 5.51. The second-order valence-electron chi connectivity index (χ2n) is 4.37. The van der Waals surface area contributed by atoms with Gasteiger partial charge in [0, 0.05) is 10.6 Å². The van der Waals surface area contributed by atoms with Crippen molar-refractivity contribution in [2.24, 2.45) is 5.84 Å². The van der Waals surface area contributed by atoms with Gasteiger partial charge in [-0.25, -0.2) is 5.43 Å². The van der Waals surface area contributed by atoms with Crippen LogP contribution in [0.1, 0.15) is 27.6 Å². The number of aryl methyl sites for hydroxylation is 1. The zero-order valence-corrected chi connectivity index (χ0v) is 11.5. The molecule has 1 unspecified atom stereocenters. The first-order chi connectivity index (χ1) is 9.34. The van der Waals surface area contributed by atoms with Crippen LogP contribution in [0.15, 0.2) is 29.6 Å². The highest BCUT2D eigenvalue weighted by Crippen LogP contribution is 2.36. The number of benzene rings is 1. The van der Waals surface area contributed by atoms with E-state index in [1.54, 1.807) is 0 Å². The quantitative estimate of drug-likeness (QED) is 0.463.